The van der Waals surface area contributed by atoms with Crippen molar-refractivity contribution >= 4 is 19.2 Å². The minimum atomic E-state index is -4.49. The van der Waals surface area contributed by atoms with Gasteiger partial charge in [-0.15, -0.1) is 0 Å². The van der Waals surface area contributed by atoms with Crippen molar-refractivity contribution in [3.63, 3.8) is 0 Å². The fraction of sp³-hybridized carbons (Fsp3) is 0.600. The summed E-state index contributed by atoms with van der Waals surface area (Å²) in [6.07, 6.45) is 6.87. The highest BCUT2D eigenvalue weighted by molar-refractivity contribution is 7.74. The summed E-state index contributed by atoms with van der Waals surface area (Å²) in [6.45, 7) is 16.8. The van der Waals surface area contributed by atoms with Crippen molar-refractivity contribution < 1.29 is 33.3 Å². The van der Waals surface area contributed by atoms with Crippen LogP contribution in [0.1, 0.15) is 97.6 Å². The van der Waals surface area contributed by atoms with Gasteiger partial charge in [0.15, 0.2) is 0 Å². The lowest BCUT2D eigenvalue weighted by atomic mass is 9.73. The number of unbranched alkanes of at least 4 members (excludes halogenated alkanes) is 2. The fourth-order valence-corrected chi connectivity index (χ4v) is 6.43. The molecule has 0 bridgehead atoms. The maximum absolute atomic E-state index is 14.2. The van der Waals surface area contributed by atoms with Crippen LogP contribution >= 0.6 is 7.52 Å². The summed E-state index contributed by atoms with van der Waals surface area (Å²) in [6, 6.07) is 2.35. The molecule has 218 valence electrons. The summed E-state index contributed by atoms with van der Waals surface area (Å²) < 4.78 is 30.6. The molecule has 0 saturated heterocycles. The van der Waals surface area contributed by atoms with Crippen LogP contribution in [-0.4, -0.2) is 35.5 Å². The van der Waals surface area contributed by atoms with E-state index in [4.69, 9.17) is 14.0 Å². The first-order valence-electron chi connectivity index (χ1n) is 14.0. The zero-order valence-corrected chi connectivity index (χ0v) is 25.4. The van der Waals surface area contributed by atoms with Crippen molar-refractivity contribution in [2.45, 2.75) is 105 Å². The van der Waals surface area contributed by atoms with Crippen LogP contribution in [0.4, 0.5) is 4.79 Å². The molecule has 1 aliphatic rings. The minimum absolute atomic E-state index is 0.00316. The molecule has 0 amide bonds. The summed E-state index contributed by atoms with van der Waals surface area (Å²) in [7, 11) is -4.49. The Balaban J connectivity index is 2.68. The van der Waals surface area contributed by atoms with E-state index in [2.05, 4.69) is 24.7 Å². The lowest BCUT2D eigenvalue weighted by molar-refractivity contribution is -0.144. The van der Waals surface area contributed by atoms with E-state index in [9.17, 15) is 19.3 Å². The first-order chi connectivity index (χ1) is 18.3. The van der Waals surface area contributed by atoms with Crippen molar-refractivity contribution in [3.8, 4) is 11.5 Å². The Morgan fingerprint density at radius 2 is 1.90 bits per heavy atom. The van der Waals surface area contributed by atoms with Gasteiger partial charge in [-0.3, -0.25) is 4.79 Å². The normalized spacial score (nSPS) is 19.5. The van der Waals surface area contributed by atoms with Gasteiger partial charge in [0.2, 0.25) is 0 Å². The van der Waals surface area contributed by atoms with Gasteiger partial charge in [0.05, 0.1) is 12.7 Å². The molecule has 4 unspecified atom stereocenters. The van der Waals surface area contributed by atoms with Gasteiger partial charge in [-0.05, 0) is 90.8 Å². The molecule has 2 rings (SSSR count). The van der Waals surface area contributed by atoms with Crippen molar-refractivity contribution in [1.29, 1.82) is 0 Å². The van der Waals surface area contributed by atoms with E-state index in [0.717, 1.165) is 48.8 Å². The number of aryl methyl sites for hydroxylation is 1. The third kappa shape index (κ3) is 8.97. The summed E-state index contributed by atoms with van der Waals surface area (Å²) in [5.41, 5.74) is 2.24. The molecule has 0 aromatic heterocycles. The van der Waals surface area contributed by atoms with Gasteiger partial charge in [-0.1, -0.05) is 43.6 Å². The highest BCUT2D eigenvalue weighted by atomic mass is 31.2. The molecule has 39 heavy (non-hydrogen) atoms. The van der Waals surface area contributed by atoms with E-state index < -0.39 is 31.3 Å². The standard InChI is InChI=1S/C30H46NO7P/c1-9-11-12-13-23-17-26(32)28(25-16-21(7)14-15-24(25)19(3)4)27(18-23)38-39(35,30(34)37-20(5)6)31-22(8)29(33)36-10-2/h16-18,20,22,24-25,32H,3,9-15H2,1-2,4-8H3,(H,31,35). The van der Waals surface area contributed by atoms with Gasteiger partial charge in [0.25, 0.3) is 0 Å². The second-order valence-corrected chi connectivity index (χ2v) is 12.6. The zero-order chi connectivity index (χ0) is 29.3. The number of rotatable bonds is 14. The van der Waals surface area contributed by atoms with E-state index in [1.54, 1.807) is 32.9 Å². The first-order valence-corrected chi connectivity index (χ1v) is 15.6. The number of hydrogen-bond acceptors (Lipinski definition) is 7. The maximum atomic E-state index is 14.2. The van der Waals surface area contributed by atoms with Gasteiger partial charge in [0, 0.05) is 11.5 Å². The second-order valence-electron chi connectivity index (χ2n) is 10.7. The van der Waals surface area contributed by atoms with Crippen LogP contribution in [0.2, 0.25) is 0 Å². The topological polar surface area (TPSA) is 111 Å². The van der Waals surface area contributed by atoms with Crippen molar-refractivity contribution in [2.24, 2.45) is 5.92 Å². The Hall–Kier alpha value is -2.57. The van der Waals surface area contributed by atoms with Crippen LogP contribution in [0, 0.1) is 5.92 Å². The van der Waals surface area contributed by atoms with Gasteiger partial charge in [-0.25, -0.2) is 14.4 Å². The van der Waals surface area contributed by atoms with Crippen molar-refractivity contribution in [1.82, 2.24) is 5.09 Å². The Bertz CT molecular complexity index is 1110. The minimum Gasteiger partial charge on any atom is -0.507 e. The monoisotopic (exact) mass is 563 g/mol. The number of phenols is 1. The number of carbonyl (C=O) groups excluding carboxylic acids is 2. The summed E-state index contributed by atoms with van der Waals surface area (Å²) in [4.78, 5) is 25.5. The summed E-state index contributed by atoms with van der Waals surface area (Å²) in [5, 5.41) is 13.9. The Morgan fingerprint density at radius 1 is 1.21 bits per heavy atom. The predicted molar refractivity (Wildman–Crippen MR) is 154 cm³/mol. The van der Waals surface area contributed by atoms with E-state index in [-0.39, 0.29) is 29.9 Å². The lowest BCUT2D eigenvalue weighted by Crippen LogP contribution is -2.37. The molecular formula is C30H46NO7P. The first kappa shape index (κ1) is 32.6. The molecule has 2 N–H and O–H groups in total. The molecule has 9 heteroatoms. The van der Waals surface area contributed by atoms with Crippen LogP contribution in [0.25, 0.3) is 0 Å². The van der Waals surface area contributed by atoms with E-state index in [0.29, 0.717) is 12.0 Å². The summed E-state index contributed by atoms with van der Waals surface area (Å²) in [5.74, 6) is -0.836. The van der Waals surface area contributed by atoms with Gasteiger partial charge in [0.1, 0.15) is 17.5 Å². The number of allylic oxidation sites excluding steroid dienone is 3. The van der Waals surface area contributed by atoms with Crippen LogP contribution in [0.3, 0.4) is 0 Å². The number of esters is 1. The number of ether oxygens (including phenoxy) is 2. The number of hydrogen-bond donors (Lipinski definition) is 2. The van der Waals surface area contributed by atoms with Gasteiger partial charge >= 0.3 is 19.2 Å². The predicted octanol–water partition coefficient (Wildman–Crippen LogP) is 7.80. The smallest absolute Gasteiger partial charge is 0.424 e. The molecule has 0 fully saturated rings. The van der Waals surface area contributed by atoms with Gasteiger partial charge < -0.3 is 19.1 Å². The molecule has 0 aliphatic heterocycles. The number of nitrogens with one attached hydrogen (secondary N) is 1. The van der Waals surface area contributed by atoms with Crippen LogP contribution in [0.15, 0.2) is 35.9 Å². The average molecular weight is 564 g/mol. The molecule has 1 aromatic carbocycles. The van der Waals surface area contributed by atoms with Gasteiger partial charge in [-0.2, -0.15) is 0 Å². The number of carbonyl (C=O) groups is 2. The van der Waals surface area contributed by atoms with Crippen LogP contribution < -0.4 is 9.61 Å². The third-order valence-electron chi connectivity index (χ3n) is 6.77. The maximum Gasteiger partial charge on any atom is 0.424 e. The van der Waals surface area contributed by atoms with Crippen LogP contribution in [0.5, 0.6) is 11.5 Å². The lowest BCUT2D eigenvalue weighted by Gasteiger charge is -2.33. The molecule has 0 radical (unpaired) electrons. The molecule has 0 heterocycles. The van der Waals surface area contributed by atoms with Crippen LogP contribution in [-0.2, 0) is 25.3 Å². The quantitative estimate of drug-likeness (QED) is 0.102. The zero-order valence-electron chi connectivity index (χ0n) is 24.5. The largest absolute Gasteiger partial charge is 0.507 e. The van der Waals surface area contributed by atoms with Crippen molar-refractivity contribution in [2.75, 3.05) is 6.61 Å². The van der Waals surface area contributed by atoms with Crippen molar-refractivity contribution in [3.05, 3.63) is 47.1 Å². The molecule has 4 atom stereocenters. The molecule has 0 saturated carbocycles. The molecular weight excluding hydrogens is 517 g/mol. The Morgan fingerprint density at radius 3 is 2.49 bits per heavy atom. The number of phenolic OH excluding ortho intramolecular Hbond substituents is 1. The molecule has 1 aromatic rings. The fourth-order valence-electron chi connectivity index (χ4n) is 4.81. The van der Waals surface area contributed by atoms with E-state index >= 15 is 0 Å². The summed E-state index contributed by atoms with van der Waals surface area (Å²) >= 11 is 0. The highest BCUT2D eigenvalue weighted by Crippen LogP contribution is 2.53. The average Bonchev–Trinajstić information content (AvgIpc) is 2.83. The Labute approximate surface area is 233 Å². The van der Waals surface area contributed by atoms with E-state index in [1.807, 2.05) is 13.8 Å². The highest BCUT2D eigenvalue weighted by Gasteiger charge is 2.42. The van der Waals surface area contributed by atoms with E-state index in [1.165, 1.54) is 6.92 Å². The SMILES string of the molecule is C=C(C)C1CCC(C)=CC1c1c(O)cc(CCCCC)cc1OP(=O)(NC(C)C(=O)OCC)C(=O)OC(C)C. The number of aromatic hydroxyl groups is 1. The number of benzene rings is 1. The second kappa shape index (κ2) is 14.7. The third-order valence-corrected chi connectivity index (χ3v) is 8.54. The molecule has 0 spiro atoms. The molecule has 1 aliphatic carbocycles. The Kier molecular flexibility index (Phi) is 12.3. The molecule has 8 nitrogen and oxygen atoms in total.